The molecule has 0 aliphatic carbocycles. The van der Waals surface area contributed by atoms with E-state index in [1.54, 1.807) is 36.4 Å². The van der Waals surface area contributed by atoms with Crippen LogP contribution in [0, 0.1) is 0 Å². The number of hydrogen-bond acceptors (Lipinski definition) is 5. The van der Waals surface area contributed by atoms with Crippen molar-refractivity contribution >= 4 is 7.32 Å². The van der Waals surface area contributed by atoms with E-state index in [1.165, 1.54) is 12.1 Å². The molecule has 2 aromatic carbocycles. The van der Waals surface area contributed by atoms with Crippen molar-refractivity contribution < 1.29 is 24.5 Å². The molecule has 0 unspecified atom stereocenters. The summed E-state index contributed by atoms with van der Waals surface area (Å²) in [5.74, 6) is 0.195. The lowest BCUT2D eigenvalue weighted by atomic mass is 10.1. The van der Waals surface area contributed by atoms with Gasteiger partial charge in [-0.1, -0.05) is 36.4 Å². The Morgan fingerprint density at radius 2 is 1.15 bits per heavy atom. The second-order valence-corrected chi connectivity index (χ2v) is 4.19. The van der Waals surface area contributed by atoms with E-state index >= 15 is 0 Å². The van der Waals surface area contributed by atoms with Crippen LogP contribution < -0.4 is 0 Å². The van der Waals surface area contributed by atoms with E-state index in [4.69, 9.17) is 9.31 Å². The Morgan fingerprint density at radius 1 is 0.750 bits per heavy atom. The molecule has 0 heterocycles. The Morgan fingerprint density at radius 3 is 1.55 bits per heavy atom. The predicted octanol–water partition coefficient (Wildman–Crippen LogP) is 1.81. The minimum Gasteiger partial charge on any atom is -0.508 e. The highest BCUT2D eigenvalue weighted by Gasteiger charge is 2.17. The molecule has 0 saturated heterocycles. The molecule has 0 radical (unpaired) electrons. The monoisotopic (exact) mass is 274 g/mol. The van der Waals surface area contributed by atoms with E-state index in [0.717, 1.165) is 0 Å². The highest BCUT2D eigenvalue weighted by molar-refractivity contribution is 6.34. The molecular weight excluding hydrogens is 259 g/mol. The summed E-state index contributed by atoms with van der Waals surface area (Å²) in [7, 11) is -1.44. The molecule has 2 rings (SSSR count). The fourth-order valence-corrected chi connectivity index (χ4v) is 1.64. The van der Waals surface area contributed by atoms with Crippen LogP contribution in [0.2, 0.25) is 0 Å². The molecule has 5 nitrogen and oxygen atoms in total. The molecule has 20 heavy (non-hydrogen) atoms. The molecule has 3 N–H and O–H groups in total. The van der Waals surface area contributed by atoms with Crippen molar-refractivity contribution in [2.45, 2.75) is 13.2 Å². The van der Waals surface area contributed by atoms with Crippen LogP contribution in [0.4, 0.5) is 0 Å². The van der Waals surface area contributed by atoms with Crippen LogP contribution in [0.25, 0.3) is 0 Å². The molecule has 0 aliphatic heterocycles. The van der Waals surface area contributed by atoms with E-state index in [2.05, 4.69) is 0 Å². The molecule has 6 heteroatoms. The zero-order chi connectivity index (χ0) is 14.4. The number of phenolic OH excluding ortho intramolecular Hbond substituents is 2. The van der Waals surface area contributed by atoms with Gasteiger partial charge in [-0.15, -0.1) is 0 Å². The van der Waals surface area contributed by atoms with Crippen LogP contribution >= 0.6 is 0 Å². The van der Waals surface area contributed by atoms with Gasteiger partial charge in [0.15, 0.2) is 0 Å². The molecule has 0 saturated carbocycles. The SMILES string of the molecule is OB(OCc1ccccc1O)OCc1ccccc1O. The first kappa shape index (κ1) is 14.4. The zero-order valence-corrected chi connectivity index (χ0v) is 10.8. The second-order valence-electron chi connectivity index (χ2n) is 4.19. The molecule has 0 bridgehead atoms. The van der Waals surface area contributed by atoms with Gasteiger partial charge in [0, 0.05) is 11.1 Å². The highest BCUT2D eigenvalue weighted by atomic mass is 16.7. The summed E-state index contributed by atoms with van der Waals surface area (Å²) in [6.45, 7) is 0.0449. The first-order chi connectivity index (χ1) is 9.66. The molecule has 0 aliphatic rings. The third kappa shape index (κ3) is 3.99. The number of benzene rings is 2. The lowest BCUT2D eigenvalue weighted by Crippen LogP contribution is -2.22. The lowest BCUT2D eigenvalue weighted by Gasteiger charge is -2.10. The minimum atomic E-state index is -1.44. The topological polar surface area (TPSA) is 79.2 Å². The van der Waals surface area contributed by atoms with Crippen LogP contribution in [0.15, 0.2) is 48.5 Å². The fourth-order valence-electron chi connectivity index (χ4n) is 1.64. The average Bonchev–Trinajstić information content (AvgIpc) is 2.45. The molecule has 0 aromatic heterocycles. The van der Waals surface area contributed by atoms with Crippen molar-refractivity contribution in [2.24, 2.45) is 0 Å². The van der Waals surface area contributed by atoms with Gasteiger partial charge in [0.05, 0.1) is 13.2 Å². The maximum absolute atomic E-state index is 9.55. The summed E-state index contributed by atoms with van der Waals surface area (Å²) in [6, 6.07) is 13.4. The molecule has 0 spiro atoms. The first-order valence-corrected chi connectivity index (χ1v) is 6.12. The Balaban J connectivity index is 1.80. The summed E-state index contributed by atoms with van der Waals surface area (Å²) >= 11 is 0. The molecule has 0 amide bonds. The maximum Gasteiger partial charge on any atom is 0.637 e. The Hall–Kier alpha value is -2.02. The number of rotatable bonds is 6. The first-order valence-electron chi connectivity index (χ1n) is 6.12. The zero-order valence-electron chi connectivity index (χ0n) is 10.8. The van der Waals surface area contributed by atoms with Crippen LogP contribution in [-0.2, 0) is 22.5 Å². The average molecular weight is 274 g/mol. The van der Waals surface area contributed by atoms with Gasteiger partial charge >= 0.3 is 7.32 Å². The van der Waals surface area contributed by atoms with Gasteiger partial charge in [-0.3, -0.25) is 0 Å². The van der Waals surface area contributed by atoms with Crippen molar-refractivity contribution in [1.82, 2.24) is 0 Å². The number of aromatic hydroxyl groups is 2. The Bertz CT molecular complexity index is 511. The molecular formula is C14H15BO5. The quantitative estimate of drug-likeness (QED) is 0.700. The van der Waals surface area contributed by atoms with E-state index in [-0.39, 0.29) is 24.7 Å². The van der Waals surface area contributed by atoms with Crippen LogP contribution in [0.3, 0.4) is 0 Å². The van der Waals surface area contributed by atoms with Gasteiger partial charge in [-0.2, -0.15) is 0 Å². The summed E-state index contributed by atoms with van der Waals surface area (Å²) < 4.78 is 10.1. The second kappa shape index (κ2) is 6.95. The van der Waals surface area contributed by atoms with E-state index in [1.807, 2.05) is 0 Å². The number of hydrogen-bond donors (Lipinski definition) is 3. The predicted molar refractivity (Wildman–Crippen MR) is 73.8 cm³/mol. The molecule has 104 valence electrons. The maximum atomic E-state index is 9.55. The van der Waals surface area contributed by atoms with Crippen LogP contribution in [0.1, 0.15) is 11.1 Å². The lowest BCUT2D eigenvalue weighted by molar-refractivity contribution is 0.118. The largest absolute Gasteiger partial charge is 0.637 e. The minimum absolute atomic E-state index is 0.0224. The standard InChI is InChI=1S/C14H15BO5/c16-13-7-3-1-5-11(13)9-19-15(18)20-10-12-6-2-4-8-14(12)17/h1-8,16-18H,9-10H2. The summed E-state index contributed by atoms with van der Waals surface area (Å²) in [6.07, 6.45) is 0. The van der Waals surface area contributed by atoms with Crippen molar-refractivity contribution in [1.29, 1.82) is 0 Å². The summed E-state index contributed by atoms with van der Waals surface area (Å²) in [4.78, 5) is 0. The van der Waals surface area contributed by atoms with Crippen molar-refractivity contribution in [2.75, 3.05) is 0 Å². The smallest absolute Gasteiger partial charge is 0.508 e. The highest BCUT2D eigenvalue weighted by Crippen LogP contribution is 2.18. The molecule has 0 fully saturated rings. The van der Waals surface area contributed by atoms with Crippen LogP contribution in [0.5, 0.6) is 11.5 Å². The normalized spacial score (nSPS) is 10.4. The van der Waals surface area contributed by atoms with Crippen molar-refractivity contribution in [3.8, 4) is 11.5 Å². The Labute approximate surface area is 117 Å². The number of para-hydroxylation sites is 2. The van der Waals surface area contributed by atoms with Crippen LogP contribution in [-0.4, -0.2) is 22.6 Å². The molecule has 2 aromatic rings. The third-order valence-electron chi connectivity index (χ3n) is 2.75. The van der Waals surface area contributed by atoms with E-state index in [0.29, 0.717) is 11.1 Å². The summed E-state index contributed by atoms with van der Waals surface area (Å²) in [5.41, 5.74) is 1.11. The summed E-state index contributed by atoms with van der Waals surface area (Å²) in [5, 5.41) is 28.6. The van der Waals surface area contributed by atoms with Gasteiger partial charge in [-0.05, 0) is 12.1 Å². The van der Waals surface area contributed by atoms with Gasteiger partial charge in [0.1, 0.15) is 11.5 Å². The van der Waals surface area contributed by atoms with Gasteiger partial charge in [-0.25, -0.2) is 0 Å². The third-order valence-corrected chi connectivity index (χ3v) is 2.75. The van der Waals surface area contributed by atoms with Crippen molar-refractivity contribution in [3.05, 3.63) is 59.7 Å². The Kier molecular flexibility index (Phi) is 5.00. The van der Waals surface area contributed by atoms with E-state index in [9.17, 15) is 15.2 Å². The molecule has 0 atom stereocenters. The van der Waals surface area contributed by atoms with Gasteiger partial charge < -0.3 is 24.5 Å². The van der Waals surface area contributed by atoms with Gasteiger partial charge in [0.25, 0.3) is 0 Å². The van der Waals surface area contributed by atoms with Crippen molar-refractivity contribution in [3.63, 3.8) is 0 Å². The van der Waals surface area contributed by atoms with Gasteiger partial charge in [0.2, 0.25) is 0 Å². The fraction of sp³-hybridized carbons (Fsp3) is 0.143. The van der Waals surface area contributed by atoms with E-state index < -0.39 is 7.32 Å². The number of phenols is 2.